The van der Waals surface area contributed by atoms with Gasteiger partial charge in [-0.25, -0.2) is 4.39 Å². The summed E-state index contributed by atoms with van der Waals surface area (Å²) in [6.07, 6.45) is -1.57. The molecule has 13 heavy (non-hydrogen) atoms. The highest BCUT2D eigenvalue weighted by molar-refractivity contribution is 5.80. The number of carbonyl (C=O) groups is 1. The van der Waals surface area contributed by atoms with Gasteiger partial charge in [0.25, 0.3) is 5.91 Å². The number of nitrogens with two attached hydrogens (primary N) is 1. The molecule has 0 heterocycles. The Labute approximate surface area is 75.0 Å². The second-order valence-electron chi connectivity index (χ2n) is 2.78. The fraction of sp³-hybridized carbons (Fsp3) is 0.222. The van der Waals surface area contributed by atoms with Crippen molar-refractivity contribution in [3.8, 4) is 0 Å². The van der Waals surface area contributed by atoms with Crippen molar-refractivity contribution >= 4 is 5.91 Å². The summed E-state index contributed by atoms with van der Waals surface area (Å²) in [5, 5.41) is 9.19. The molecule has 1 aromatic rings. The van der Waals surface area contributed by atoms with E-state index < -0.39 is 17.8 Å². The molecule has 0 radical (unpaired) electrons. The van der Waals surface area contributed by atoms with E-state index in [2.05, 4.69) is 0 Å². The predicted octanol–water partition coefficient (Wildman–Crippen LogP) is 0.653. The van der Waals surface area contributed by atoms with Gasteiger partial charge < -0.3 is 10.8 Å². The van der Waals surface area contributed by atoms with E-state index in [1.54, 1.807) is 19.1 Å². The lowest BCUT2D eigenvalue weighted by Gasteiger charge is -2.08. The summed E-state index contributed by atoms with van der Waals surface area (Å²) >= 11 is 0. The third-order valence-corrected chi connectivity index (χ3v) is 1.79. The van der Waals surface area contributed by atoms with Crippen molar-refractivity contribution in [2.45, 2.75) is 13.0 Å². The molecule has 0 saturated carbocycles. The number of amides is 1. The highest BCUT2D eigenvalue weighted by Crippen LogP contribution is 2.18. The Morgan fingerprint density at radius 2 is 2.23 bits per heavy atom. The maximum Gasteiger partial charge on any atom is 0.251 e. The van der Waals surface area contributed by atoms with E-state index in [9.17, 15) is 14.3 Å². The Kier molecular flexibility index (Phi) is 2.63. The molecule has 1 aromatic carbocycles. The van der Waals surface area contributed by atoms with Gasteiger partial charge in [-0.15, -0.1) is 0 Å². The molecule has 1 unspecified atom stereocenters. The molecule has 1 amide bonds. The minimum Gasteiger partial charge on any atom is -0.378 e. The number of aryl methyl sites for hydroxylation is 1. The number of aliphatic hydroxyl groups is 1. The number of benzene rings is 1. The van der Waals surface area contributed by atoms with E-state index in [-0.39, 0.29) is 5.56 Å². The molecule has 70 valence electrons. The Bertz CT molecular complexity index is 338. The van der Waals surface area contributed by atoms with Crippen molar-refractivity contribution in [2.75, 3.05) is 0 Å². The summed E-state index contributed by atoms with van der Waals surface area (Å²) in [6.45, 7) is 1.55. The molecule has 0 saturated heterocycles. The lowest BCUT2D eigenvalue weighted by atomic mass is 10.1. The summed E-state index contributed by atoms with van der Waals surface area (Å²) in [7, 11) is 0. The Morgan fingerprint density at radius 3 is 2.77 bits per heavy atom. The van der Waals surface area contributed by atoms with Crippen LogP contribution >= 0.6 is 0 Å². The van der Waals surface area contributed by atoms with Crippen LogP contribution in [0.15, 0.2) is 18.2 Å². The minimum atomic E-state index is -1.57. The lowest BCUT2D eigenvalue weighted by Crippen LogP contribution is -2.21. The van der Waals surface area contributed by atoms with Crippen LogP contribution in [0.3, 0.4) is 0 Å². The smallest absolute Gasteiger partial charge is 0.251 e. The van der Waals surface area contributed by atoms with Crippen LogP contribution in [0.4, 0.5) is 4.39 Å². The van der Waals surface area contributed by atoms with Gasteiger partial charge in [0, 0.05) is 5.56 Å². The summed E-state index contributed by atoms with van der Waals surface area (Å²) in [5.74, 6) is -1.54. The number of aliphatic hydroxyl groups excluding tert-OH is 1. The molecule has 0 aliphatic rings. The molecule has 0 fully saturated rings. The highest BCUT2D eigenvalue weighted by atomic mass is 19.1. The Balaban J connectivity index is 3.15. The quantitative estimate of drug-likeness (QED) is 0.707. The first-order valence-corrected chi connectivity index (χ1v) is 3.76. The van der Waals surface area contributed by atoms with Crippen molar-refractivity contribution in [1.29, 1.82) is 0 Å². The number of halogens is 1. The molecule has 0 aliphatic carbocycles. The van der Waals surface area contributed by atoms with Crippen LogP contribution in [0.2, 0.25) is 0 Å². The van der Waals surface area contributed by atoms with Gasteiger partial charge in [-0.1, -0.05) is 18.2 Å². The molecule has 1 atom stereocenters. The third-order valence-electron chi connectivity index (χ3n) is 1.79. The van der Waals surface area contributed by atoms with Crippen molar-refractivity contribution in [1.82, 2.24) is 0 Å². The summed E-state index contributed by atoms with van der Waals surface area (Å²) in [4.78, 5) is 10.6. The second-order valence-corrected chi connectivity index (χ2v) is 2.78. The first kappa shape index (κ1) is 9.67. The maximum absolute atomic E-state index is 13.2. The average molecular weight is 183 g/mol. The number of rotatable bonds is 2. The molecular weight excluding hydrogens is 173 g/mol. The van der Waals surface area contributed by atoms with Gasteiger partial charge >= 0.3 is 0 Å². The van der Waals surface area contributed by atoms with E-state index in [4.69, 9.17) is 5.73 Å². The van der Waals surface area contributed by atoms with Gasteiger partial charge in [-0.05, 0) is 12.5 Å². The number of carbonyl (C=O) groups excluding carboxylic acids is 1. The van der Waals surface area contributed by atoms with Crippen molar-refractivity contribution < 1.29 is 14.3 Å². The van der Waals surface area contributed by atoms with E-state index in [1.165, 1.54) is 6.07 Å². The predicted molar refractivity (Wildman–Crippen MR) is 45.3 cm³/mol. The fourth-order valence-electron chi connectivity index (χ4n) is 1.03. The summed E-state index contributed by atoms with van der Waals surface area (Å²) in [6, 6.07) is 4.43. The molecule has 0 aromatic heterocycles. The van der Waals surface area contributed by atoms with Crippen LogP contribution < -0.4 is 5.73 Å². The van der Waals surface area contributed by atoms with Crippen molar-refractivity contribution in [2.24, 2.45) is 5.73 Å². The van der Waals surface area contributed by atoms with Gasteiger partial charge in [-0.3, -0.25) is 4.79 Å². The van der Waals surface area contributed by atoms with E-state index in [1.807, 2.05) is 0 Å². The van der Waals surface area contributed by atoms with E-state index in [0.29, 0.717) is 5.56 Å². The normalized spacial score (nSPS) is 12.5. The number of primary amides is 1. The van der Waals surface area contributed by atoms with Gasteiger partial charge in [0.1, 0.15) is 5.82 Å². The number of hydrogen-bond acceptors (Lipinski definition) is 2. The minimum absolute atomic E-state index is 0.0764. The molecule has 4 heteroatoms. The van der Waals surface area contributed by atoms with E-state index >= 15 is 0 Å². The maximum atomic E-state index is 13.2. The monoisotopic (exact) mass is 183 g/mol. The summed E-state index contributed by atoms with van der Waals surface area (Å²) < 4.78 is 13.2. The van der Waals surface area contributed by atoms with Crippen molar-refractivity contribution in [3.63, 3.8) is 0 Å². The molecular formula is C9H10FNO2. The largest absolute Gasteiger partial charge is 0.378 e. The molecule has 3 N–H and O–H groups in total. The third kappa shape index (κ3) is 1.84. The fourth-order valence-corrected chi connectivity index (χ4v) is 1.03. The Morgan fingerprint density at radius 1 is 1.62 bits per heavy atom. The zero-order valence-electron chi connectivity index (χ0n) is 7.12. The van der Waals surface area contributed by atoms with Gasteiger partial charge in [0.2, 0.25) is 0 Å². The van der Waals surface area contributed by atoms with Crippen LogP contribution in [0, 0.1) is 12.7 Å². The number of hydrogen-bond donors (Lipinski definition) is 2. The SMILES string of the molecule is Cc1cccc(C(O)C(N)=O)c1F. The Hall–Kier alpha value is -1.42. The highest BCUT2D eigenvalue weighted by Gasteiger charge is 2.18. The topological polar surface area (TPSA) is 63.3 Å². The van der Waals surface area contributed by atoms with Gasteiger partial charge in [0.05, 0.1) is 0 Å². The molecule has 0 aliphatic heterocycles. The first-order valence-electron chi connectivity index (χ1n) is 3.76. The van der Waals surface area contributed by atoms with Gasteiger partial charge in [-0.2, -0.15) is 0 Å². The molecule has 3 nitrogen and oxygen atoms in total. The van der Waals surface area contributed by atoms with E-state index in [0.717, 1.165) is 0 Å². The van der Waals surface area contributed by atoms with Crippen LogP contribution in [0.1, 0.15) is 17.2 Å². The van der Waals surface area contributed by atoms with Crippen molar-refractivity contribution in [3.05, 3.63) is 35.1 Å². The molecule has 0 bridgehead atoms. The zero-order chi connectivity index (χ0) is 10.0. The standard InChI is InChI=1S/C9H10FNO2/c1-5-3-2-4-6(7(5)10)8(12)9(11)13/h2-4,8,12H,1H3,(H2,11,13). The van der Waals surface area contributed by atoms with Gasteiger partial charge in [0.15, 0.2) is 6.10 Å². The first-order chi connectivity index (χ1) is 6.04. The van der Waals surface area contributed by atoms with Crippen LogP contribution in [0.5, 0.6) is 0 Å². The molecule has 0 spiro atoms. The zero-order valence-corrected chi connectivity index (χ0v) is 7.12. The summed E-state index contributed by atoms with van der Waals surface area (Å²) in [5.41, 5.74) is 5.13. The second kappa shape index (κ2) is 3.53. The van der Waals surface area contributed by atoms with Crippen LogP contribution in [-0.2, 0) is 4.79 Å². The lowest BCUT2D eigenvalue weighted by molar-refractivity contribution is -0.126. The average Bonchev–Trinajstić information content (AvgIpc) is 2.08. The molecule has 1 rings (SSSR count). The van der Waals surface area contributed by atoms with Crippen LogP contribution in [0.25, 0.3) is 0 Å². The van der Waals surface area contributed by atoms with Crippen LogP contribution in [-0.4, -0.2) is 11.0 Å².